The standard InChI is InChI=1S/C14H12BrFN2O/c15-12-7-10(16)6-5-9(12)8-18-13-4-2-1-3-11(13)14(17)19/h1-7,18H,8H2,(H2,17,19). The van der Waals surface area contributed by atoms with E-state index in [2.05, 4.69) is 21.2 Å². The number of nitrogens with one attached hydrogen (secondary N) is 1. The van der Waals surface area contributed by atoms with E-state index >= 15 is 0 Å². The average Bonchev–Trinajstić information content (AvgIpc) is 2.38. The molecule has 2 aromatic rings. The van der Waals surface area contributed by atoms with E-state index in [0.717, 1.165) is 5.56 Å². The van der Waals surface area contributed by atoms with E-state index in [1.54, 1.807) is 24.3 Å². The molecule has 0 unspecified atom stereocenters. The van der Waals surface area contributed by atoms with Crippen molar-refractivity contribution in [3.05, 3.63) is 63.9 Å². The fourth-order valence-corrected chi connectivity index (χ4v) is 2.20. The largest absolute Gasteiger partial charge is 0.380 e. The molecule has 0 heterocycles. The Bertz CT molecular complexity index is 616. The second-order valence-electron chi connectivity index (χ2n) is 4.00. The molecular weight excluding hydrogens is 311 g/mol. The summed E-state index contributed by atoms with van der Waals surface area (Å²) >= 11 is 3.30. The quantitative estimate of drug-likeness (QED) is 0.907. The third-order valence-electron chi connectivity index (χ3n) is 2.68. The number of primary amides is 1. The number of amides is 1. The SMILES string of the molecule is NC(=O)c1ccccc1NCc1ccc(F)cc1Br. The number of para-hydroxylation sites is 1. The second kappa shape index (κ2) is 5.84. The number of rotatable bonds is 4. The average molecular weight is 323 g/mol. The Morgan fingerprint density at radius 3 is 2.68 bits per heavy atom. The molecule has 0 saturated carbocycles. The molecule has 0 bridgehead atoms. The summed E-state index contributed by atoms with van der Waals surface area (Å²) in [4.78, 5) is 11.3. The molecule has 0 spiro atoms. The molecule has 3 N–H and O–H groups in total. The Balaban J connectivity index is 2.17. The Morgan fingerprint density at radius 1 is 1.26 bits per heavy atom. The Morgan fingerprint density at radius 2 is 2.00 bits per heavy atom. The number of anilines is 1. The first-order chi connectivity index (χ1) is 9.08. The highest BCUT2D eigenvalue weighted by Crippen LogP contribution is 2.21. The normalized spacial score (nSPS) is 10.2. The van der Waals surface area contributed by atoms with E-state index in [1.165, 1.54) is 12.1 Å². The van der Waals surface area contributed by atoms with Crippen LogP contribution in [0.5, 0.6) is 0 Å². The van der Waals surface area contributed by atoms with E-state index in [4.69, 9.17) is 5.73 Å². The maximum Gasteiger partial charge on any atom is 0.250 e. The van der Waals surface area contributed by atoms with Crippen molar-refractivity contribution in [1.29, 1.82) is 0 Å². The molecule has 0 fully saturated rings. The lowest BCUT2D eigenvalue weighted by Crippen LogP contribution is -2.14. The van der Waals surface area contributed by atoms with Crippen molar-refractivity contribution >= 4 is 27.5 Å². The number of hydrogen-bond donors (Lipinski definition) is 2. The molecule has 2 aromatic carbocycles. The van der Waals surface area contributed by atoms with Crippen LogP contribution >= 0.6 is 15.9 Å². The lowest BCUT2D eigenvalue weighted by atomic mass is 10.1. The van der Waals surface area contributed by atoms with Gasteiger partial charge in [-0.3, -0.25) is 4.79 Å². The summed E-state index contributed by atoms with van der Waals surface area (Å²) in [6, 6.07) is 11.5. The van der Waals surface area contributed by atoms with Crippen molar-refractivity contribution in [3.63, 3.8) is 0 Å². The van der Waals surface area contributed by atoms with Crippen LogP contribution < -0.4 is 11.1 Å². The first-order valence-corrected chi connectivity index (χ1v) is 6.44. The minimum atomic E-state index is -0.485. The number of halogens is 2. The Hall–Kier alpha value is -1.88. The molecule has 0 aliphatic rings. The van der Waals surface area contributed by atoms with Crippen molar-refractivity contribution in [3.8, 4) is 0 Å². The zero-order chi connectivity index (χ0) is 13.8. The molecule has 0 aromatic heterocycles. The predicted molar refractivity (Wildman–Crippen MR) is 76.4 cm³/mol. The third kappa shape index (κ3) is 3.32. The number of hydrogen-bond acceptors (Lipinski definition) is 2. The van der Waals surface area contributed by atoms with Gasteiger partial charge in [-0.15, -0.1) is 0 Å². The molecule has 0 radical (unpaired) electrons. The van der Waals surface area contributed by atoms with Crippen LogP contribution in [0.15, 0.2) is 46.9 Å². The van der Waals surface area contributed by atoms with Gasteiger partial charge in [0, 0.05) is 16.7 Å². The van der Waals surface area contributed by atoms with Crippen LogP contribution in [0, 0.1) is 5.82 Å². The Labute approximate surface area is 118 Å². The van der Waals surface area contributed by atoms with E-state index < -0.39 is 5.91 Å². The van der Waals surface area contributed by atoms with Crippen molar-refractivity contribution < 1.29 is 9.18 Å². The third-order valence-corrected chi connectivity index (χ3v) is 3.42. The van der Waals surface area contributed by atoms with Gasteiger partial charge in [0.1, 0.15) is 5.82 Å². The van der Waals surface area contributed by atoms with Crippen LogP contribution in [0.1, 0.15) is 15.9 Å². The van der Waals surface area contributed by atoms with Crippen LogP contribution in [-0.2, 0) is 6.54 Å². The first kappa shape index (κ1) is 13.5. The van der Waals surface area contributed by atoms with Gasteiger partial charge in [-0.05, 0) is 29.8 Å². The monoisotopic (exact) mass is 322 g/mol. The molecule has 0 aliphatic carbocycles. The van der Waals surface area contributed by atoms with Gasteiger partial charge < -0.3 is 11.1 Å². The highest BCUT2D eigenvalue weighted by molar-refractivity contribution is 9.10. The van der Waals surface area contributed by atoms with Crippen molar-refractivity contribution in [1.82, 2.24) is 0 Å². The molecule has 1 amide bonds. The van der Waals surface area contributed by atoms with Crippen LogP contribution in [0.2, 0.25) is 0 Å². The molecule has 0 atom stereocenters. The first-order valence-electron chi connectivity index (χ1n) is 5.64. The summed E-state index contributed by atoms with van der Waals surface area (Å²) in [7, 11) is 0. The fourth-order valence-electron chi connectivity index (χ4n) is 1.71. The lowest BCUT2D eigenvalue weighted by Gasteiger charge is -2.11. The van der Waals surface area contributed by atoms with Crippen LogP contribution in [0.3, 0.4) is 0 Å². The highest BCUT2D eigenvalue weighted by Gasteiger charge is 2.07. The van der Waals surface area contributed by atoms with Gasteiger partial charge in [0.2, 0.25) is 0 Å². The highest BCUT2D eigenvalue weighted by atomic mass is 79.9. The summed E-state index contributed by atoms with van der Waals surface area (Å²) in [6.07, 6.45) is 0. The van der Waals surface area contributed by atoms with Crippen molar-refractivity contribution in [2.24, 2.45) is 5.73 Å². The van der Waals surface area contributed by atoms with Gasteiger partial charge in [-0.1, -0.05) is 34.1 Å². The van der Waals surface area contributed by atoms with Crippen molar-refractivity contribution in [2.45, 2.75) is 6.54 Å². The van der Waals surface area contributed by atoms with Crippen LogP contribution in [-0.4, -0.2) is 5.91 Å². The summed E-state index contributed by atoms with van der Waals surface area (Å²) in [5.74, 6) is -0.783. The van der Waals surface area contributed by atoms with Crippen LogP contribution in [0.25, 0.3) is 0 Å². The minimum absolute atomic E-state index is 0.298. The minimum Gasteiger partial charge on any atom is -0.380 e. The van der Waals surface area contributed by atoms with E-state index in [9.17, 15) is 9.18 Å². The van der Waals surface area contributed by atoms with Gasteiger partial charge in [-0.2, -0.15) is 0 Å². The van der Waals surface area contributed by atoms with Crippen molar-refractivity contribution in [2.75, 3.05) is 5.32 Å². The predicted octanol–water partition coefficient (Wildman–Crippen LogP) is 3.30. The molecule has 0 saturated heterocycles. The summed E-state index contributed by atoms with van der Waals surface area (Å²) in [5.41, 5.74) is 7.27. The van der Waals surface area contributed by atoms with Gasteiger partial charge in [0.25, 0.3) is 5.91 Å². The van der Waals surface area contributed by atoms with Gasteiger partial charge in [0.15, 0.2) is 0 Å². The number of nitrogens with two attached hydrogens (primary N) is 1. The van der Waals surface area contributed by atoms with E-state index in [1.807, 2.05) is 6.07 Å². The lowest BCUT2D eigenvalue weighted by molar-refractivity contribution is 0.100. The molecule has 2 rings (SSSR count). The van der Waals surface area contributed by atoms with E-state index in [-0.39, 0.29) is 5.82 Å². The number of carbonyl (C=O) groups is 1. The molecule has 5 heteroatoms. The summed E-state index contributed by atoms with van der Waals surface area (Å²) < 4.78 is 13.6. The zero-order valence-corrected chi connectivity index (χ0v) is 11.6. The second-order valence-corrected chi connectivity index (χ2v) is 4.85. The topological polar surface area (TPSA) is 55.1 Å². The van der Waals surface area contributed by atoms with E-state index in [0.29, 0.717) is 22.3 Å². The van der Waals surface area contributed by atoms with Crippen LogP contribution in [0.4, 0.5) is 10.1 Å². The molecular formula is C14H12BrFN2O. The summed E-state index contributed by atoms with van der Waals surface area (Å²) in [5, 5.41) is 3.12. The fraction of sp³-hybridized carbons (Fsp3) is 0.0714. The van der Waals surface area contributed by atoms with Gasteiger partial charge in [0.05, 0.1) is 5.56 Å². The molecule has 98 valence electrons. The van der Waals surface area contributed by atoms with Gasteiger partial charge in [-0.25, -0.2) is 4.39 Å². The molecule has 0 aliphatic heterocycles. The Kier molecular flexibility index (Phi) is 4.16. The number of benzene rings is 2. The molecule has 3 nitrogen and oxygen atoms in total. The summed E-state index contributed by atoms with van der Waals surface area (Å²) in [6.45, 7) is 0.463. The zero-order valence-electron chi connectivity index (χ0n) is 9.99. The van der Waals surface area contributed by atoms with Gasteiger partial charge >= 0.3 is 0 Å². The maximum absolute atomic E-state index is 13.0. The smallest absolute Gasteiger partial charge is 0.250 e. The molecule has 19 heavy (non-hydrogen) atoms. The maximum atomic E-state index is 13.0. The number of carbonyl (C=O) groups excluding carboxylic acids is 1.